The standard InChI is InChI=1S/C11H13Cl2N5S/c1-3-4-14-9-7(12)5-8(13)10(17-9)19-11-15-6-16-18(11)2/h5-6H,3-4H2,1-2H3,(H,14,17). The summed E-state index contributed by atoms with van der Waals surface area (Å²) in [5, 5.41) is 9.56. The van der Waals surface area contributed by atoms with Gasteiger partial charge < -0.3 is 5.32 Å². The summed E-state index contributed by atoms with van der Waals surface area (Å²) in [6, 6.07) is 1.69. The Morgan fingerprint density at radius 2 is 2.16 bits per heavy atom. The number of halogens is 2. The molecule has 0 aliphatic rings. The minimum atomic E-state index is 0.500. The van der Waals surface area contributed by atoms with E-state index in [1.54, 1.807) is 10.7 Å². The smallest absolute Gasteiger partial charge is 0.192 e. The van der Waals surface area contributed by atoms with Gasteiger partial charge in [-0.25, -0.2) is 14.6 Å². The Bertz CT molecular complexity index is 572. The summed E-state index contributed by atoms with van der Waals surface area (Å²) >= 11 is 13.6. The summed E-state index contributed by atoms with van der Waals surface area (Å²) < 4.78 is 1.66. The van der Waals surface area contributed by atoms with Crippen molar-refractivity contribution in [1.82, 2.24) is 19.7 Å². The summed E-state index contributed by atoms with van der Waals surface area (Å²) in [5.74, 6) is 0.637. The molecule has 8 heteroatoms. The predicted molar refractivity (Wildman–Crippen MR) is 78.2 cm³/mol. The van der Waals surface area contributed by atoms with Gasteiger partial charge in [0.25, 0.3) is 0 Å². The zero-order valence-corrected chi connectivity index (χ0v) is 12.9. The zero-order valence-electron chi connectivity index (χ0n) is 10.5. The lowest BCUT2D eigenvalue weighted by Gasteiger charge is -2.09. The van der Waals surface area contributed by atoms with E-state index in [4.69, 9.17) is 23.2 Å². The Morgan fingerprint density at radius 1 is 1.37 bits per heavy atom. The molecule has 0 atom stereocenters. The van der Waals surface area contributed by atoms with Gasteiger partial charge in [-0.2, -0.15) is 5.10 Å². The zero-order chi connectivity index (χ0) is 13.8. The van der Waals surface area contributed by atoms with Crippen LogP contribution in [0.3, 0.4) is 0 Å². The van der Waals surface area contributed by atoms with Gasteiger partial charge in [-0.3, -0.25) is 0 Å². The fourth-order valence-electron chi connectivity index (χ4n) is 1.35. The maximum Gasteiger partial charge on any atom is 0.192 e. The van der Waals surface area contributed by atoms with Crippen molar-refractivity contribution in [2.24, 2.45) is 7.05 Å². The molecule has 0 unspecified atom stereocenters. The van der Waals surface area contributed by atoms with Crippen molar-refractivity contribution >= 4 is 40.8 Å². The van der Waals surface area contributed by atoms with Crippen LogP contribution in [0, 0.1) is 0 Å². The van der Waals surface area contributed by atoms with Crippen LogP contribution < -0.4 is 5.32 Å². The Labute approximate surface area is 125 Å². The molecule has 0 saturated heterocycles. The van der Waals surface area contributed by atoms with E-state index in [2.05, 4.69) is 27.3 Å². The number of aromatic nitrogens is 4. The lowest BCUT2D eigenvalue weighted by atomic mass is 10.4. The first kappa shape index (κ1) is 14.4. The van der Waals surface area contributed by atoms with E-state index >= 15 is 0 Å². The van der Waals surface area contributed by atoms with Crippen LogP contribution in [0.4, 0.5) is 5.82 Å². The average molecular weight is 318 g/mol. The van der Waals surface area contributed by atoms with Gasteiger partial charge in [0.15, 0.2) is 5.16 Å². The molecule has 0 amide bonds. The fourth-order valence-corrected chi connectivity index (χ4v) is 2.64. The molecule has 2 rings (SSSR count). The van der Waals surface area contributed by atoms with Crippen molar-refractivity contribution in [3.8, 4) is 0 Å². The Hall–Kier alpha value is -0.980. The second-order valence-electron chi connectivity index (χ2n) is 3.80. The van der Waals surface area contributed by atoms with E-state index in [0.29, 0.717) is 20.9 Å². The van der Waals surface area contributed by atoms with E-state index in [0.717, 1.165) is 18.1 Å². The van der Waals surface area contributed by atoms with Crippen LogP contribution in [0.15, 0.2) is 22.6 Å². The summed E-state index contributed by atoms with van der Waals surface area (Å²) in [6.45, 7) is 2.88. The molecule has 2 aromatic rings. The van der Waals surface area contributed by atoms with Crippen molar-refractivity contribution in [1.29, 1.82) is 0 Å². The molecule has 0 radical (unpaired) electrons. The molecule has 0 spiro atoms. The van der Waals surface area contributed by atoms with Crippen molar-refractivity contribution < 1.29 is 0 Å². The number of hydrogen-bond donors (Lipinski definition) is 1. The molecule has 0 aromatic carbocycles. The van der Waals surface area contributed by atoms with Crippen molar-refractivity contribution in [2.45, 2.75) is 23.5 Å². The second-order valence-corrected chi connectivity index (χ2v) is 5.57. The van der Waals surface area contributed by atoms with Gasteiger partial charge in [-0.15, -0.1) is 0 Å². The molecule has 0 aliphatic heterocycles. The topological polar surface area (TPSA) is 55.6 Å². The van der Waals surface area contributed by atoms with Crippen molar-refractivity contribution in [3.05, 3.63) is 22.4 Å². The van der Waals surface area contributed by atoms with Gasteiger partial charge in [-0.1, -0.05) is 30.1 Å². The lowest BCUT2D eigenvalue weighted by molar-refractivity contribution is 0.684. The summed E-state index contributed by atoms with van der Waals surface area (Å²) in [7, 11) is 1.81. The van der Waals surface area contributed by atoms with Crippen LogP contribution >= 0.6 is 35.0 Å². The molecule has 5 nitrogen and oxygen atoms in total. The number of nitrogens with one attached hydrogen (secondary N) is 1. The average Bonchev–Trinajstić information content (AvgIpc) is 2.77. The number of hydrogen-bond acceptors (Lipinski definition) is 5. The normalized spacial score (nSPS) is 10.7. The lowest BCUT2D eigenvalue weighted by Crippen LogP contribution is -2.03. The third-order valence-corrected chi connectivity index (χ3v) is 4.04. The van der Waals surface area contributed by atoms with Gasteiger partial charge in [0.2, 0.25) is 0 Å². The number of anilines is 1. The molecular weight excluding hydrogens is 305 g/mol. The maximum atomic E-state index is 6.15. The minimum absolute atomic E-state index is 0.500. The largest absolute Gasteiger partial charge is 0.369 e. The number of rotatable bonds is 5. The summed E-state index contributed by atoms with van der Waals surface area (Å²) in [4.78, 5) is 8.56. The minimum Gasteiger partial charge on any atom is -0.369 e. The third-order valence-electron chi connectivity index (χ3n) is 2.30. The molecule has 0 bridgehead atoms. The van der Waals surface area contributed by atoms with E-state index in [1.807, 2.05) is 7.05 Å². The first-order valence-corrected chi connectivity index (χ1v) is 7.30. The molecule has 0 aliphatic carbocycles. The molecule has 102 valence electrons. The van der Waals surface area contributed by atoms with Crippen molar-refractivity contribution in [3.63, 3.8) is 0 Å². The SMILES string of the molecule is CCCNc1nc(Sc2ncnn2C)c(Cl)cc1Cl. The Balaban J connectivity index is 2.27. The van der Waals surface area contributed by atoms with E-state index in [1.165, 1.54) is 18.1 Å². The van der Waals surface area contributed by atoms with E-state index in [9.17, 15) is 0 Å². The van der Waals surface area contributed by atoms with Crippen LogP contribution in [0.5, 0.6) is 0 Å². The number of pyridine rings is 1. The molecule has 19 heavy (non-hydrogen) atoms. The van der Waals surface area contributed by atoms with Crippen LogP contribution in [0.1, 0.15) is 13.3 Å². The highest BCUT2D eigenvalue weighted by Gasteiger charge is 2.13. The molecule has 0 saturated carbocycles. The van der Waals surface area contributed by atoms with Crippen LogP contribution in [0.25, 0.3) is 0 Å². The maximum absolute atomic E-state index is 6.15. The molecule has 0 fully saturated rings. The molecule has 2 heterocycles. The third kappa shape index (κ3) is 3.52. The van der Waals surface area contributed by atoms with Gasteiger partial charge in [0.05, 0.1) is 10.0 Å². The molecule has 2 aromatic heterocycles. The Kier molecular flexibility index (Phi) is 4.90. The van der Waals surface area contributed by atoms with E-state index < -0.39 is 0 Å². The number of aryl methyl sites for hydroxylation is 1. The van der Waals surface area contributed by atoms with E-state index in [-0.39, 0.29) is 0 Å². The van der Waals surface area contributed by atoms with Gasteiger partial charge in [0, 0.05) is 13.6 Å². The number of nitrogens with zero attached hydrogens (tertiary/aromatic N) is 4. The summed E-state index contributed by atoms with van der Waals surface area (Å²) in [5.41, 5.74) is 0. The highest BCUT2D eigenvalue weighted by Crippen LogP contribution is 2.34. The highest BCUT2D eigenvalue weighted by molar-refractivity contribution is 7.99. The van der Waals surface area contributed by atoms with Crippen LogP contribution in [0.2, 0.25) is 10.0 Å². The molecule has 1 N–H and O–H groups in total. The van der Waals surface area contributed by atoms with Crippen molar-refractivity contribution in [2.75, 3.05) is 11.9 Å². The second kappa shape index (κ2) is 6.45. The van der Waals surface area contributed by atoms with Gasteiger partial charge >= 0.3 is 0 Å². The first-order valence-electron chi connectivity index (χ1n) is 5.73. The van der Waals surface area contributed by atoms with Gasteiger partial charge in [-0.05, 0) is 24.2 Å². The molecular formula is C11H13Cl2N5S. The highest BCUT2D eigenvalue weighted by atomic mass is 35.5. The quantitative estimate of drug-likeness (QED) is 0.914. The monoisotopic (exact) mass is 317 g/mol. The van der Waals surface area contributed by atoms with Gasteiger partial charge in [0.1, 0.15) is 17.2 Å². The first-order chi connectivity index (χ1) is 9.11. The van der Waals surface area contributed by atoms with Crippen LogP contribution in [-0.4, -0.2) is 26.3 Å². The van der Waals surface area contributed by atoms with Crippen LogP contribution in [-0.2, 0) is 7.05 Å². The predicted octanol–water partition coefficient (Wildman–Crippen LogP) is 3.49. The summed E-state index contributed by atoms with van der Waals surface area (Å²) in [6.07, 6.45) is 2.48. The Morgan fingerprint density at radius 3 is 2.79 bits per heavy atom. The fraction of sp³-hybridized carbons (Fsp3) is 0.364.